The lowest BCUT2D eigenvalue weighted by molar-refractivity contribution is -0.134. The number of rotatable bonds is 8. The molecule has 0 heterocycles. The van der Waals surface area contributed by atoms with Crippen LogP contribution < -0.4 is 0 Å². The quantitative estimate of drug-likeness (QED) is 0.265. The Morgan fingerprint density at radius 1 is 1.07 bits per heavy atom. The zero-order chi connectivity index (χ0) is 11.4. The van der Waals surface area contributed by atoms with E-state index >= 15 is 0 Å². The van der Waals surface area contributed by atoms with E-state index in [1.54, 1.807) is 0 Å². The molecule has 0 atom stereocenters. The van der Waals surface area contributed by atoms with E-state index in [1.807, 2.05) is 6.08 Å². The van der Waals surface area contributed by atoms with Crippen molar-refractivity contribution in [1.29, 1.82) is 0 Å². The maximum atomic E-state index is 10.7. The van der Waals surface area contributed by atoms with Gasteiger partial charge in [-0.2, -0.15) is 0 Å². The molecule has 0 aliphatic heterocycles. The molecule has 0 rings (SSSR count). The van der Waals surface area contributed by atoms with Crippen LogP contribution in [0.2, 0.25) is 0 Å². The van der Waals surface area contributed by atoms with Gasteiger partial charge in [0.25, 0.3) is 0 Å². The molecule has 0 unspecified atom stereocenters. The Bertz CT molecular complexity index is 205. The van der Waals surface area contributed by atoms with Crippen molar-refractivity contribution in [3.05, 3.63) is 24.3 Å². The SMILES string of the molecule is CCC/C=C/CCCC/C=C/C(=O)OC. The first-order valence-electron chi connectivity index (χ1n) is 5.70. The zero-order valence-electron chi connectivity index (χ0n) is 9.87. The fourth-order valence-electron chi connectivity index (χ4n) is 1.17. The molecule has 0 radical (unpaired) electrons. The number of carbonyl (C=O) groups is 1. The molecule has 0 spiro atoms. The van der Waals surface area contributed by atoms with Crippen molar-refractivity contribution in [3.63, 3.8) is 0 Å². The molecule has 0 saturated carbocycles. The fraction of sp³-hybridized carbons (Fsp3) is 0.615. The largest absolute Gasteiger partial charge is 0.466 e. The third-order valence-corrected chi connectivity index (χ3v) is 2.07. The highest BCUT2D eigenvalue weighted by atomic mass is 16.5. The number of methoxy groups -OCH3 is 1. The van der Waals surface area contributed by atoms with E-state index in [0.717, 1.165) is 19.3 Å². The lowest BCUT2D eigenvalue weighted by Gasteiger charge is -1.93. The summed E-state index contributed by atoms with van der Waals surface area (Å²) in [7, 11) is 1.39. The molecule has 86 valence electrons. The molecule has 0 saturated heterocycles. The van der Waals surface area contributed by atoms with E-state index in [9.17, 15) is 4.79 Å². The minimum absolute atomic E-state index is 0.266. The topological polar surface area (TPSA) is 26.3 Å². The van der Waals surface area contributed by atoms with E-state index in [4.69, 9.17) is 0 Å². The van der Waals surface area contributed by atoms with Gasteiger partial charge in [-0.05, 0) is 32.1 Å². The van der Waals surface area contributed by atoms with Crippen molar-refractivity contribution >= 4 is 5.97 Å². The molecule has 2 heteroatoms. The average molecular weight is 210 g/mol. The van der Waals surface area contributed by atoms with Gasteiger partial charge < -0.3 is 4.74 Å². The van der Waals surface area contributed by atoms with E-state index in [0.29, 0.717) is 0 Å². The van der Waals surface area contributed by atoms with Gasteiger partial charge in [-0.1, -0.05) is 31.6 Å². The Labute approximate surface area is 93.0 Å². The second-order valence-electron chi connectivity index (χ2n) is 3.47. The van der Waals surface area contributed by atoms with Crippen LogP contribution in [0.15, 0.2) is 24.3 Å². The van der Waals surface area contributed by atoms with Crippen molar-refractivity contribution in [2.45, 2.75) is 45.4 Å². The minimum atomic E-state index is -0.266. The first-order chi connectivity index (χ1) is 7.31. The van der Waals surface area contributed by atoms with Crippen LogP contribution in [0.3, 0.4) is 0 Å². The summed E-state index contributed by atoms with van der Waals surface area (Å²) in [6, 6.07) is 0. The standard InChI is InChI=1S/C13H22O2/c1-3-4-5-6-7-8-9-10-11-12-13(14)15-2/h5-6,11-12H,3-4,7-10H2,1-2H3/b6-5+,12-11+. The number of allylic oxidation sites excluding steroid dienone is 3. The van der Waals surface area contributed by atoms with Crippen LogP contribution >= 0.6 is 0 Å². The lowest BCUT2D eigenvalue weighted by Crippen LogP contribution is -1.93. The van der Waals surface area contributed by atoms with Gasteiger partial charge in [0.05, 0.1) is 7.11 Å². The Morgan fingerprint density at radius 2 is 1.67 bits per heavy atom. The van der Waals surface area contributed by atoms with Gasteiger partial charge in [-0.3, -0.25) is 0 Å². The van der Waals surface area contributed by atoms with Gasteiger partial charge in [0, 0.05) is 6.08 Å². The Hall–Kier alpha value is -1.05. The molecule has 0 amide bonds. The molecule has 15 heavy (non-hydrogen) atoms. The lowest BCUT2D eigenvalue weighted by atomic mass is 10.1. The highest BCUT2D eigenvalue weighted by Gasteiger charge is 1.89. The van der Waals surface area contributed by atoms with Gasteiger partial charge >= 0.3 is 5.97 Å². The third-order valence-electron chi connectivity index (χ3n) is 2.07. The summed E-state index contributed by atoms with van der Waals surface area (Å²) in [6.45, 7) is 2.18. The van der Waals surface area contributed by atoms with Crippen molar-refractivity contribution < 1.29 is 9.53 Å². The molecule has 0 aliphatic rings. The van der Waals surface area contributed by atoms with Crippen LogP contribution in [-0.2, 0) is 9.53 Å². The molecule has 2 nitrogen and oxygen atoms in total. The second kappa shape index (κ2) is 11.0. The van der Waals surface area contributed by atoms with Crippen LogP contribution in [0, 0.1) is 0 Å². The zero-order valence-corrected chi connectivity index (χ0v) is 9.87. The van der Waals surface area contributed by atoms with Crippen molar-refractivity contribution in [2.24, 2.45) is 0 Å². The smallest absolute Gasteiger partial charge is 0.330 e. The minimum Gasteiger partial charge on any atom is -0.466 e. The number of unbranched alkanes of at least 4 members (excludes halogenated alkanes) is 4. The molecule has 0 aliphatic carbocycles. The van der Waals surface area contributed by atoms with Crippen LogP contribution in [0.4, 0.5) is 0 Å². The van der Waals surface area contributed by atoms with E-state index in [2.05, 4.69) is 23.8 Å². The van der Waals surface area contributed by atoms with Gasteiger partial charge in [-0.25, -0.2) is 4.79 Å². The summed E-state index contributed by atoms with van der Waals surface area (Å²) in [5.74, 6) is -0.266. The monoisotopic (exact) mass is 210 g/mol. The van der Waals surface area contributed by atoms with Crippen LogP contribution in [0.5, 0.6) is 0 Å². The molecule has 0 aromatic heterocycles. The first kappa shape index (κ1) is 13.9. The van der Waals surface area contributed by atoms with E-state index < -0.39 is 0 Å². The number of esters is 1. The van der Waals surface area contributed by atoms with Gasteiger partial charge in [0.1, 0.15) is 0 Å². The summed E-state index contributed by atoms with van der Waals surface area (Å²) in [4.78, 5) is 10.7. The molecule has 0 N–H and O–H groups in total. The van der Waals surface area contributed by atoms with Gasteiger partial charge in [-0.15, -0.1) is 0 Å². The van der Waals surface area contributed by atoms with Crippen molar-refractivity contribution in [1.82, 2.24) is 0 Å². The van der Waals surface area contributed by atoms with Crippen LogP contribution in [0.25, 0.3) is 0 Å². The maximum absolute atomic E-state index is 10.7. The third kappa shape index (κ3) is 10.9. The first-order valence-corrected chi connectivity index (χ1v) is 5.70. The molecular formula is C13H22O2. The Morgan fingerprint density at radius 3 is 2.27 bits per heavy atom. The van der Waals surface area contributed by atoms with Gasteiger partial charge in [0.15, 0.2) is 0 Å². The van der Waals surface area contributed by atoms with E-state index in [-0.39, 0.29) is 5.97 Å². The molecule has 0 bridgehead atoms. The van der Waals surface area contributed by atoms with Crippen molar-refractivity contribution in [2.75, 3.05) is 7.11 Å². The predicted octanol–water partition coefficient (Wildman–Crippen LogP) is 3.63. The summed E-state index contributed by atoms with van der Waals surface area (Å²) in [5, 5.41) is 0. The molecule has 0 fully saturated rings. The Kier molecular flexibility index (Phi) is 10.3. The maximum Gasteiger partial charge on any atom is 0.330 e. The van der Waals surface area contributed by atoms with E-state index in [1.165, 1.54) is 32.4 Å². The number of carbonyl (C=O) groups excluding carboxylic acids is 1. The Balaban J connectivity index is 3.24. The normalized spacial score (nSPS) is 11.3. The van der Waals surface area contributed by atoms with Crippen molar-refractivity contribution in [3.8, 4) is 0 Å². The predicted molar refractivity (Wildman–Crippen MR) is 63.7 cm³/mol. The summed E-state index contributed by atoms with van der Waals surface area (Å²) >= 11 is 0. The number of hydrogen-bond donors (Lipinski definition) is 0. The van der Waals surface area contributed by atoms with Gasteiger partial charge in [0.2, 0.25) is 0 Å². The fourth-order valence-corrected chi connectivity index (χ4v) is 1.17. The summed E-state index contributed by atoms with van der Waals surface area (Å²) < 4.78 is 4.49. The average Bonchev–Trinajstić information content (AvgIpc) is 2.26. The summed E-state index contributed by atoms with van der Waals surface area (Å²) in [6.07, 6.45) is 14.7. The van der Waals surface area contributed by atoms with Crippen LogP contribution in [0.1, 0.15) is 45.4 Å². The molecular weight excluding hydrogens is 188 g/mol. The summed E-state index contributed by atoms with van der Waals surface area (Å²) in [5.41, 5.74) is 0. The highest BCUT2D eigenvalue weighted by molar-refractivity contribution is 5.81. The molecule has 0 aromatic rings. The molecule has 0 aromatic carbocycles. The van der Waals surface area contributed by atoms with Crippen LogP contribution in [-0.4, -0.2) is 13.1 Å². The second-order valence-corrected chi connectivity index (χ2v) is 3.47. The number of ether oxygens (including phenoxy) is 1. The highest BCUT2D eigenvalue weighted by Crippen LogP contribution is 2.02. The number of hydrogen-bond acceptors (Lipinski definition) is 2.